The Morgan fingerprint density at radius 1 is 1.24 bits per heavy atom. The maximum absolute atomic E-state index is 14.0. The van der Waals surface area contributed by atoms with Gasteiger partial charge in [-0.15, -0.1) is 0 Å². The Labute approximate surface area is 97.9 Å². The lowest BCUT2D eigenvalue weighted by Crippen LogP contribution is -2.23. The summed E-state index contributed by atoms with van der Waals surface area (Å²) in [5, 5.41) is 12.1. The summed E-state index contributed by atoms with van der Waals surface area (Å²) >= 11 is 0. The first kappa shape index (κ1) is 11.4. The highest BCUT2D eigenvalue weighted by atomic mass is 19.1. The molecular weight excluding hydrogens is 221 g/mol. The van der Waals surface area contributed by atoms with Crippen molar-refractivity contribution in [3.63, 3.8) is 0 Å². The van der Waals surface area contributed by atoms with Crippen LogP contribution in [-0.4, -0.2) is 17.7 Å². The van der Waals surface area contributed by atoms with Gasteiger partial charge < -0.3 is 10.4 Å². The second-order valence-electron chi connectivity index (χ2n) is 3.74. The van der Waals surface area contributed by atoms with Crippen molar-refractivity contribution in [1.82, 2.24) is 5.32 Å². The molecule has 0 radical (unpaired) electrons. The Morgan fingerprint density at radius 2 is 2.00 bits per heavy atom. The molecule has 0 fully saturated rings. The van der Waals surface area contributed by atoms with Crippen molar-refractivity contribution in [2.24, 2.45) is 0 Å². The Bertz CT molecular complexity index is 554. The lowest BCUT2D eigenvalue weighted by Gasteiger charge is -2.06. The summed E-state index contributed by atoms with van der Waals surface area (Å²) in [7, 11) is 0. The number of amides is 1. The van der Waals surface area contributed by atoms with Crippen molar-refractivity contribution < 1.29 is 14.3 Å². The highest BCUT2D eigenvalue weighted by molar-refractivity contribution is 5.83. The van der Waals surface area contributed by atoms with E-state index in [2.05, 4.69) is 5.32 Å². The standard InChI is InChI=1S/C13H12FNO2/c14-12-10(7-8-15-13(16)17)6-5-9-3-1-2-4-11(9)12/h1-6,15H,7-8H2,(H,16,17). The normalized spacial score (nSPS) is 10.4. The highest BCUT2D eigenvalue weighted by Crippen LogP contribution is 2.20. The van der Waals surface area contributed by atoms with Crippen molar-refractivity contribution in [1.29, 1.82) is 0 Å². The predicted octanol–water partition coefficient (Wildman–Crippen LogP) is 2.79. The fourth-order valence-corrected chi connectivity index (χ4v) is 1.78. The first-order valence-corrected chi connectivity index (χ1v) is 5.31. The Hall–Kier alpha value is -2.10. The lowest BCUT2D eigenvalue weighted by atomic mass is 10.0. The number of nitrogens with one attached hydrogen (secondary N) is 1. The predicted molar refractivity (Wildman–Crippen MR) is 63.6 cm³/mol. The second-order valence-corrected chi connectivity index (χ2v) is 3.74. The van der Waals surface area contributed by atoms with Gasteiger partial charge in [0, 0.05) is 11.9 Å². The molecule has 0 heterocycles. The lowest BCUT2D eigenvalue weighted by molar-refractivity contribution is 0.194. The van der Waals surface area contributed by atoms with Crippen molar-refractivity contribution in [2.75, 3.05) is 6.54 Å². The van der Waals surface area contributed by atoms with Crippen LogP contribution >= 0.6 is 0 Å². The van der Waals surface area contributed by atoms with E-state index >= 15 is 0 Å². The smallest absolute Gasteiger partial charge is 0.404 e. The molecular formula is C13H12FNO2. The summed E-state index contributed by atoms with van der Waals surface area (Å²) in [6, 6.07) is 10.7. The van der Waals surface area contributed by atoms with E-state index in [1.165, 1.54) is 0 Å². The molecule has 0 aliphatic carbocycles. The molecule has 0 aromatic heterocycles. The largest absolute Gasteiger partial charge is 0.465 e. The van der Waals surface area contributed by atoms with Crippen LogP contribution in [0.4, 0.5) is 9.18 Å². The van der Waals surface area contributed by atoms with Crippen LogP contribution in [0.25, 0.3) is 10.8 Å². The monoisotopic (exact) mass is 233 g/mol. The topological polar surface area (TPSA) is 49.3 Å². The van der Waals surface area contributed by atoms with Gasteiger partial charge in [-0.1, -0.05) is 36.4 Å². The molecule has 0 spiro atoms. The summed E-state index contributed by atoms with van der Waals surface area (Å²) in [5.74, 6) is -0.268. The average Bonchev–Trinajstić information content (AvgIpc) is 2.32. The third-order valence-corrected chi connectivity index (χ3v) is 2.61. The van der Waals surface area contributed by atoms with Crippen molar-refractivity contribution in [3.05, 3.63) is 47.8 Å². The van der Waals surface area contributed by atoms with Crippen molar-refractivity contribution in [2.45, 2.75) is 6.42 Å². The summed E-state index contributed by atoms with van der Waals surface area (Å²) in [6.45, 7) is 0.213. The Balaban J connectivity index is 2.23. The summed E-state index contributed by atoms with van der Waals surface area (Å²) in [6.07, 6.45) is -0.741. The van der Waals surface area contributed by atoms with Gasteiger partial charge in [-0.25, -0.2) is 9.18 Å². The minimum Gasteiger partial charge on any atom is -0.465 e. The Morgan fingerprint density at radius 3 is 2.76 bits per heavy atom. The molecule has 2 N–H and O–H groups in total. The number of carboxylic acid groups (broad SMARTS) is 1. The van der Waals surface area contributed by atoms with Crippen molar-refractivity contribution in [3.8, 4) is 0 Å². The summed E-state index contributed by atoms with van der Waals surface area (Å²) in [5.41, 5.74) is 0.525. The average molecular weight is 233 g/mol. The maximum atomic E-state index is 14.0. The van der Waals surface area contributed by atoms with E-state index in [9.17, 15) is 9.18 Å². The van der Waals surface area contributed by atoms with Crippen LogP contribution in [0, 0.1) is 5.82 Å². The number of halogens is 1. The molecule has 0 saturated carbocycles. The van der Waals surface area contributed by atoms with E-state index in [1.54, 1.807) is 18.2 Å². The van der Waals surface area contributed by atoms with E-state index in [4.69, 9.17) is 5.11 Å². The zero-order valence-electron chi connectivity index (χ0n) is 9.11. The number of carbonyl (C=O) groups is 1. The van der Waals surface area contributed by atoms with Gasteiger partial charge in [0.05, 0.1) is 0 Å². The van der Waals surface area contributed by atoms with Gasteiger partial charge in [0.15, 0.2) is 0 Å². The fourth-order valence-electron chi connectivity index (χ4n) is 1.78. The highest BCUT2D eigenvalue weighted by Gasteiger charge is 2.06. The van der Waals surface area contributed by atoms with Crippen molar-refractivity contribution >= 4 is 16.9 Å². The first-order valence-electron chi connectivity index (χ1n) is 5.31. The molecule has 1 amide bonds. The van der Waals surface area contributed by atoms with E-state index in [1.807, 2.05) is 18.2 Å². The number of rotatable bonds is 3. The first-order chi connectivity index (χ1) is 8.18. The van der Waals surface area contributed by atoms with Crippen LogP contribution in [0.2, 0.25) is 0 Å². The van der Waals surface area contributed by atoms with Crippen LogP contribution in [0.15, 0.2) is 36.4 Å². The quantitative estimate of drug-likeness (QED) is 0.856. The van der Waals surface area contributed by atoms with Gasteiger partial charge in [-0.2, -0.15) is 0 Å². The second kappa shape index (κ2) is 4.82. The van der Waals surface area contributed by atoms with Gasteiger partial charge in [0.2, 0.25) is 0 Å². The maximum Gasteiger partial charge on any atom is 0.404 e. The molecule has 0 saturated heterocycles. The van der Waals surface area contributed by atoms with Crippen LogP contribution in [0.5, 0.6) is 0 Å². The minimum atomic E-state index is -1.09. The molecule has 0 unspecified atom stereocenters. The van der Waals surface area contributed by atoms with E-state index in [0.717, 1.165) is 5.39 Å². The number of hydrogen-bond acceptors (Lipinski definition) is 1. The van der Waals surface area contributed by atoms with Crippen LogP contribution in [0.3, 0.4) is 0 Å². The van der Waals surface area contributed by atoms with Gasteiger partial charge in [-0.3, -0.25) is 0 Å². The van der Waals surface area contributed by atoms with Gasteiger partial charge in [0.25, 0.3) is 0 Å². The zero-order valence-corrected chi connectivity index (χ0v) is 9.11. The van der Waals surface area contributed by atoms with Crippen LogP contribution in [0.1, 0.15) is 5.56 Å². The molecule has 2 aromatic rings. The molecule has 2 rings (SSSR count). The van der Waals surface area contributed by atoms with Gasteiger partial charge in [0.1, 0.15) is 5.82 Å². The SMILES string of the molecule is O=C(O)NCCc1ccc2ccccc2c1F. The number of fused-ring (bicyclic) bond motifs is 1. The zero-order chi connectivity index (χ0) is 12.3. The number of hydrogen-bond donors (Lipinski definition) is 2. The third kappa shape index (κ3) is 2.53. The molecule has 0 atom stereocenters. The van der Waals surface area contributed by atoms with Gasteiger partial charge in [-0.05, 0) is 17.4 Å². The molecule has 0 bridgehead atoms. The molecule has 3 nitrogen and oxygen atoms in total. The minimum absolute atomic E-state index is 0.213. The van der Waals surface area contributed by atoms with Crippen LogP contribution in [-0.2, 0) is 6.42 Å². The molecule has 17 heavy (non-hydrogen) atoms. The van der Waals surface area contributed by atoms with E-state index in [0.29, 0.717) is 17.4 Å². The molecule has 0 aliphatic rings. The van der Waals surface area contributed by atoms with Crippen LogP contribution < -0.4 is 5.32 Å². The molecule has 4 heteroatoms. The van der Waals surface area contributed by atoms with E-state index in [-0.39, 0.29) is 12.4 Å². The fraction of sp³-hybridized carbons (Fsp3) is 0.154. The molecule has 2 aromatic carbocycles. The Kier molecular flexibility index (Phi) is 3.23. The molecule has 0 aliphatic heterocycles. The van der Waals surface area contributed by atoms with Gasteiger partial charge >= 0.3 is 6.09 Å². The summed E-state index contributed by atoms with van der Waals surface area (Å²) in [4.78, 5) is 10.3. The summed E-state index contributed by atoms with van der Waals surface area (Å²) < 4.78 is 14.0. The van der Waals surface area contributed by atoms with E-state index < -0.39 is 6.09 Å². The number of benzene rings is 2. The molecule has 88 valence electrons. The third-order valence-electron chi connectivity index (χ3n) is 2.61.